The lowest BCUT2D eigenvalue weighted by atomic mass is 9.98. The third kappa shape index (κ3) is 5.27. The molecule has 32 heavy (non-hydrogen) atoms. The molecular formula is C25H26N2O5. The van der Waals surface area contributed by atoms with Gasteiger partial charge in [0.05, 0.1) is 6.54 Å². The smallest absolute Gasteiger partial charge is 0.407 e. The summed E-state index contributed by atoms with van der Waals surface area (Å²) < 4.78 is 5.41. The molecule has 1 atom stereocenters. The van der Waals surface area contributed by atoms with E-state index in [4.69, 9.17) is 9.84 Å². The van der Waals surface area contributed by atoms with Crippen LogP contribution in [0.5, 0.6) is 0 Å². The number of amides is 2. The zero-order valence-corrected chi connectivity index (χ0v) is 18.1. The van der Waals surface area contributed by atoms with Gasteiger partial charge in [0.25, 0.3) is 5.91 Å². The second kappa shape index (κ2) is 10.5. The maximum absolute atomic E-state index is 12.2. The summed E-state index contributed by atoms with van der Waals surface area (Å²) in [5.74, 6) is 3.22. The predicted octanol–water partition coefficient (Wildman–Crippen LogP) is 3.24. The molecule has 0 heterocycles. The molecule has 0 bridgehead atoms. The van der Waals surface area contributed by atoms with Gasteiger partial charge >= 0.3 is 12.1 Å². The number of ether oxygens (including phenoxy) is 1. The quantitative estimate of drug-likeness (QED) is 0.653. The average Bonchev–Trinajstić information content (AvgIpc) is 3.12. The Bertz CT molecular complexity index is 1020. The number of alkyl carbamates (subject to hydrolysis) is 1. The Balaban J connectivity index is 1.54. The second-order valence-electron chi connectivity index (χ2n) is 7.56. The molecule has 0 spiro atoms. The van der Waals surface area contributed by atoms with Gasteiger partial charge in [-0.1, -0.05) is 61.4 Å². The molecule has 2 amide bonds. The van der Waals surface area contributed by atoms with E-state index in [2.05, 4.69) is 29.3 Å². The number of carbonyl (C=O) groups excluding carboxylic acids is 2. The van der Waals surface area contributed by atoms with Crippen molar-refractivity contribution in [3.63, 3.8) is 0 Å². The maximum Gasteiger partial charge on any atom is 0.407 e. The van der Waals surface area contributed by atoms with Crippen LogP contribution in [0.1, 0.15) is 37.3 Å². The van der Waals surface area contributed by atoms with Crippen LogP contribution in [0.2, 0.25) is 0 Å². The lowest BCUT2D eigenvalue weighted by Crippen LogP contribution is -2.41. The molecule has 0 aromatic heterocycles. The van der Waals surface area contributed by atoms with Crippen LogP contribution in [-0.2, 0) is 14.3 Å². The highest BCUT2D eigenvalue weighted by Crippen LogP contribution is 2.44. The number of carboxylic acid groups (broad SMARTS) is 1. The Morgan fingerprint density at radius 3 is 2.25 bits per heavy atom. The number of fused-ring (bicyclic) bond motifs is 3. The normalized spacial score (nSPS) is 12.6. The fourth-order valence-electron chi connectivity index (χ4n) is 3.75. The number of hydrogen-bond donors (Lipinski definition) is 2. The van der Waals surface area contributed by atoms with E-state index in [1.165, 1.54) is 4.90 Å². The SMILES string of the molecule is CCC(C)N(CC(=O)O)C(=O)C#CCNC(=O)OCC1c2ccccc2-c2ccccc21. The second-order valence-corrected chi connectivity index (χ2v) is 7.56. The first kappa shape index (κ1) is 22.9. The molecule has 1 aliphatic rings. The molecular weight excluding hydrogens is 408 g/mol. The Labute approximate surface area is 187 Å². The fourth-order valence-corrected chi connectivity index (χ4v) is 3.75. The van der Waals surface area contributed by atoms with Gasteiger partial charge in [0, 0.05) is 12.0 Å². The lowest BCUT2D eigenvalue weighted by molar-refractivity contribution is -0.143. The number of carboxylic acids is 1. The van der Waals surface area contributed by atoms with Gasteiger partial charge < -0.3 is 20.1 Å². The topological polar surface area (TPSA) is 95.9 Å². The molecule has 0 fully saturated rings. The standard InChI is InChI=1S/C25H26N2O5/c1-3-17(2)27(15-24(29)30)23(28)13-8-14-26-25(31)32-16-22-20-11-6-4-9-18(20)19-10-5-7-12-21(19)22/h4-7,9-12,17,22H,3,14-16H2,1-2H3,(H,26,31)(H,29,30). The Hall–Kier alpha value is -3.79. The van der Waals surface area contributed by atoms with E-state index >= 15 is 0 Å². The number of carbonyl (C=O) groups is 3. The van der Waals surface area contributed by atoms with Crippen LogP contribution in [-0.4, -0.2) is 53.7 Å². The van der Waals surface area contributed by atoms with Crippen LogP contribution in [0.15, 0.2) is 48.5 Å². The van der Waals surface area contributed by atoms with Crippen LogP contribution in [0.25, 0.3) is 11.1 Å². The first-order chi connectivity index (χ1) is 15.4. The molecule has 3 rings (SSSR count). The number of nitrogens with zero attached hydrogens (tertiary/aromatic N) is 1. The molecule has 7 nitrogen and oxygen atoms in total. The van der Waals surface area contributed by atoms with Gasteiger partial charge in [-0.3, -0.25) is 9.59 Å². The van der Waals surface area contributed by atoms with E-state index < -0.39 is 24.5 Å². The van der Waals surface area contributed by atoms with Crippen LogP contribution < -0.4 is 5.32 Å². The number of nitrogens with one attached hydrogen (secondary N) is 1. The molecule has 166 valence electrons. The molecule has 0 aliphatic heterocycles. The van der Waals surface area contributed by atoms with Gasteiger partial charge in [0.1, 0.15) is 13.2 Å². The van der Waals surface area contributed by atoms with Gasteiger partial charge in [-0.2, -0.15) is 0 Å². The van der Waals surface area contributed by atoms with Gasteiger partial charge in [-0.25, -0.2) is 4.79 Å². The average molecular weight is 434 g/mol. The third-order valence-electron chi connectivity index (χ3n) is 5.55. The summed E-state index contributed by atoms with van der Waals surface area (Å²) in [5, 5.41) is 11.5. The molecule has 1 aliphatic carbocycles. The predicted molar refractivity (Wildman–Crippen MR) is 120 cm³/mol. The van der Waals surface area contributed by atoms with Crippen molar-refractivity contribution in [1.29, 1.82) is 0 Å². The van der Waals surface area contributed by atoms with E-state index in [0.29, 0.717) is 6.42 Å². The largest absolute Gasteiger partial charge is 0.480 e. The number of aliphatic carboxylic acids is 1. The van der Waals surface area contributed by atoms with Gasteiger partial charge in [0.15, 0.2) is 0 Å². The summed E-state index contributed by atoms with van der Waals surface area (Å²) in [5.41, 5.74) is 4.54. The molecule has 2 aromatic carbocycles. The molecule has 7 heteroatoms. The molecule has 2 aromatic rings. The summed E-state index contributed by atoms with van der Waals surface area (Å²) >= 11 is 0. The van der Waals surface area contributed by atoms with Gasteiger partial charge in [0.2, 0.25) is 0 Å². The summed E-state index contributed by atoms with van der Waals surface area (Å²) in [6.07, 6.45) is -0.0171. The number of hydrogen-bond acceptors (Lipinski definition) is 4. The van der Waals surface area contributed by atoms with Crippen molar-refractivity contribution in [3.05, 3.63) is 59.7 Å². The van der Waals surface area contributed by atoms with Crippen molar-refractivity contribution in [2.24, 2.45) is 0 Å². The van der Waals surface area contributed by atoms with Gasteiger partial charge in [-0.05, 0) is 41.5 Å². The minimum Gasteiger partial charge on any atom is -0.480 e. The monoisotopic (exact) mass is 434 g/mol. The highest BCUT2D eigenvalue weighted by molar-refractivity contribution is 5.95. The van der Waals surface area contributed by atoms with Gasteiger partial charge in [-0.15, -0.1) is 0 Å². The molecule has 0 saturated carbocycles. The van der Waals surface area contributed by atoms with Crippen molar-refractivity contribution in [2.75, 3.05) is 19.7 Å². The molecule has 1 unspecified atom stereocenters. The third-order valence-corrected chi connectivity index (χ3v) is 5.55. The van der Waals surface area contributed by atoms with Crippen LogP contribution >= 0.6 is 0 Å². The molecule has 0 saturated heterocycles. The lowest BCUT2D eigenvalue weighted by Gasteiger charge is -2.24. The Morgan fingerprint density at radius 2 is 1.69 bits per heavy atom. The minimum absolute atomic E-state index is 0.0408. The van der Waals surface area contributed by atoms with E-state index in [1.807, 2.05) is 43.3 Å². The fraction of sp³-hybridized carbons (Fsp3) is 0.320. The van der Waals surface area contributed by atoms with Crippen molar-refractivity contribution < 1.29 is 24.2 Å². The van der Waals surface area contributed by atoms with E-state index in [-0.39, 0.29) is 25.1 Å². The summed E-state index contributed by atoms with van der Waals surface area (Å²) in [6.45, 7) is 3.31. The van der Waals surface area contributed by atoms with Crippen LogP contribution in [0.3, 0.4) is 0 Å². The Kier molecular flexibility index (Phi) is 7.50. The Morgan fingerprint density at radius 1 is 1.09 bits per heavy atom. The minimum atomic E-state index is -1.10. The van der Waals surface area contributed by atoms with E-state index in [0.717, 1.165) is 22.3 Å². The number of benzene rings is 2. The molecule has 2 N–H and O–H groups in total. The maximum atomic E-state index is 12.2. The van der Waals surface area contributed by atoms with E-state index in [9.17, 15) is 14.4 Å². The van der Waals surface area contributed by atoms with Crippen LogP contribution in [0, 0.1) is 11.8 Å². The molecule has 0 radical (unpaired) electrons. The van der Waals surface area contributed by atoms with Crippen molar-refractivity contribution >= 4 is 18.0 Å². The highest BCUT2D eigenvalue weighted by Gasteiger charge is 2.28. The first-order valence-electron chi connectivity index (χ1n) is 10.5. The highest BCUT2D eigenvalue weighted by atomic mass is 16.5. The summed E-state index contributed by atoms with van der Waals surface area (Å²) in [7, 11) is 0. The van der Waals surface area contributed by atoms with E-state index in [1.54, 1.807) is 6.92 Å². The van der Waals surface area contributed by atoms with Crippen molar-refractivity contribution in [1.82, 2.24) is 10.2 Å². The zero-order chi connectivity index (χ0) is 23.1. The number of rotatable bonds is 7. The van der Waals surface area contributed by atoms with Crippen molar-refractivity contribution in [2.45, 2.75) is 32.2 Å². The first-order valence-corrected chi connectivity index (χ1v) is 10.5. The summed E-state index contributed by atoms with van der Waals surface area (Å²) in [4.78, 5) is 36.5. The summed E-state index contributed by atoms with van der Waals surface area (Å²) in [6, 6.07) is 15.9. The zero-order valence-electron chi connectivity index (χ0n) is 18.1. The van der Waals surface area contributed by atoms with Crippen molar-refractivity contribution in [3.8, 4) is 23.0 Å². The van der Waals surface area contributed by atoms with Crippen LogP contribution in [0.4, 0.5) is 4.79 Å².